The molecule has 2 N–H and O–H groups in total. The van der Waals surface area contributed by atoms with E-state index < -0.39 is 22.8 Å². The first kappa shape index (κ1) is 19.8. The standard InChI is InChI=1S/C21H19N3O5/c1-14(29-19-12-5-4-11-18(19)24(27)28)21(26)23-22-20(25)13-16-9-6-8-15-7-2-3-10-17(15)16/h2-12,14H,13H2,1H3,(H,22,25)(H,23,26)/t14-/m1/s1. The molecule has 0 fully saturated rings. The second-order valence-electron chi connectivity index (χ2n) is 6.34. The van der Waals surface area contributed by atoms with Gasteiger partial charge in [0.1, 0.15) is 0 Å². The zero-order valence-electron chi connectivity index (χ0n) is 15.6. The highest BCUT2D eigenvalue weighted by Gasteiger charge is 2.21. The number of rotatable bonds is 6. The number of fused-ring (bicyclic) bond motifs is 1. The third-order valence-corrected chi connectivity index (χ3v) is 4.29. The Morgan fingerprint density at radius 3 is 2.48 bits per heavy atom. The van der Waals surface area contributed by atoms with Crippen molar-refractivity contribution in [3.63, 3.8) is 0 Å². The topological polar surface area (TPSA) is 111 Å². The summed E-state index contributed by atoms with van der Waals surface area (Å²) in [6.45, 7) is 1.43. The lowest BCUT2D eigenvalue weighted by molar-refractivity contribution is -0.386. The van der Waals surface area contributed by atoms with Crippen LogP contribution >= 0.6 is 0 Å². The van der Waals surface area contributed by atoms with Gasteiger partial charge in [-0.1, -0.05) is 54.6 Å². The molecule has 0 heterocycles. The van der Waals surface area contributed by atoms with E-state index in [1.807, 2.05) is 42.5 Å². The van der Waals surface area contributed by atoms with Crippen LogP contribution in [0.5, 0.6) is 5.75 Å². The average molecular weight is 393 g/mol. The smallest absolute Gasteiger partial charge is 0.310 e. The Balaban J connectivity index is 1.57. The lowest BCUT2D eigenvalue weighted by Crippen LogP contribution is -2.47. The normalized spacial score (nSPS) is 11.5. The molecule has 3 aromatic carbocycles. The van der Waals surface area contributed by atoms with Crippen molar-refractivity contribution in [1.29, 1.82) is 0 Å². The van der Waals surface area contributed by atoms with E-state index in [2.05, 4.69) is 10.9 Å². The molecule has 29 heavy (non-hydrogen) atoms. The fraction of sp³-hybridized carbons (Fsp3) is 0.143. The summed E-state index contributed by atoms with van der Waals surface area (Å²) in [7, 11) is 0. The Kier molecular flexibility index (Phi) is 6.03. The second-order valence-corrected chi connectivity index (χ2v) is 6.34. The van der Waals surface area contributed by atoms with Crippen LogP contribution in [0.4, 0.5) is 5.69 Å². The first-order valence-electron chi connectivity index (χ1n) is 8.91. The van der Waals surface area contributed by atoms with Gasteiger partial charge in [0.05, 0.1) is 11.3 Å². The Morgan fingerprint density at radius 1 is 1.00 bits per heavy atom. The van der Waals surface area contributed by atoms with Crippen LogP contribution < -0.4 is 15.6 Å². The second kappa shape index (κ2) is 8.83. The Labute approximate surface area is 166 Å². The van der Waals surface area contributed by atoms with Gasteiger partial charge in [0.25, 0.3) is 5.91 Å². The number of amides is 2. The predicted molar refractivity (Wildman–Crippen MR) is 107 cm³/mol. The molecule has 3 aromatic rings. The van der Waals surface area contributed by atoms with E-state index in [1.165, 1.54) is 25.1 Å². The highest BCUT2D eigenvalue weighted by molar-refractivity contribution is 5.91. The van der Waals surface area contributed by atoms with E-state index in [0.29, 0.717) is 0 Å². The quantitative estimate of drug-likeness (QED) is 0.494. The monoisotopic (exact) mass is 393 g/mol. The summed E-state index contributed by atoms with van der Waals surface area (Å²) < 4.78 is 5.37. The van der Waals surface area contributed by atoms with Gasteiger partial charge in [0.2, 0.25) is 5.91 Å². The van der Waals surface area contributed by atoms with Crippen LogP contribution in [0.1, 0.15) is 12.5 Å². The van der Waals surface area contributed by atoms with Gasteiger partial charge < -0.3 is 4.74 Å². The van der Waals surface area contributed by atoms with Gasteiger partial charge in [0, 0.05) is 6.07 Å². The molecule has 148 valence electrons. The van der Waals surface area contributed by atoms with Crippen LogP contribution in [0.3, 0.4) is 0 Å². The lowest BCUT2D eigenvalue weighted by Gasteiger charge is -2.15. The number of hydrogen-bond donors (Lipinski definition) is 2. The van der Waals surface area contributed by atoms with Crippen molar-refractivity contribution in [1.82, 2.24) is 10.9 Å². The summed E-state index contributed by atoms with van der Waals surface area (Å²) >= 11 is 0. The zero-order chi connectivity index (χ0) is 20.8. The summed E-state index contributed by atoms with van der Waals surface area (Å²) in [4.78, 5) is 34.8. The Hall–Kier alpha value is -3.94. The van der Waals surface area contributed by atoms with Gasteiger partial charge in [-0.05, 0) is 29.3 Å². The first-order chi connectivity index (χ1) is 14.0. The summed E-state index contributed by atoms with van der Waals surface area (Å²) in [5.41, 5.74) is 5.22. The fourth-order valence-electron chi connectivity index (χ4n) is 2.85. The van der Waals surface area contributed by atoms with Crippen molar-refractivity contribution in [2.75, 3.05) is 0 Å². The molecule has 8 heteroatoms. The highest BCUT2D eigenvalue weighted by atomic mass is 16.6. The molecule has 0 spiro atoms. The maximum Gasteiger partial charge on any atom is 0.310 e. The third kappa shape index (κ3) is 4.86. The summed E-state index contributed by atoms with van der Waals surface area (Å²) in [5, 5.41) is 13.0. The van der Waals surface area contributed by atoms with Crippen LogP contribution in [-0.4, -0.2) is 22.8 Å². The molecule has 8 nitrogen and oxygen atoms in total. The number of nitrogens with one attached hydrogen (secondary N) is 2. The average Bonchev–Trinajstić information content (AvgIpc) is 2.72. The van der Waals surface area contributed by atoms with Crippen molar-refractivity contribution >= 4 is 28.3 Å². The van der Waals surface area contributed by atoms with Gasteiger partial charge in [-0.2, -0.15) is 0 Å². The molecule has 0 aliphatic heterocycles. The van der Waals surface area contributed by atoms with Gasteiger partial charge in [0.15, 0.2) is 11.9 Å². The zero-order valence-corrected chi connectivity index (χ0v) is 15.6. The minimum atomic E-state index is -1.05. The number of hydrazine groups is 1. The van der Waals surface area contributed by atoms with Crippen LogP contribution in [-0.2, 0) is 16.0 Å². The van der Waals surface area contributed by atoms with E-state index in [0.717, 1.165) is 16.3 Å². The molecular weight excluding hydrogens is 374 g/mol. The maximum absolute atomic E-state index is 12.2. The largest absolute Gasteiger partial charge is 0.474 e. The third-order valence-electron chi connectivity index (χ3n) is 4.29. The van der Waals surface area contributed by atoms with Gasteiger partial charge in [-0.25, -0.2) is 0 Å². The maximum atomic E-state index is 12.2. The molecule has 0 unspecified atom stereocenters. The molecule has 1 atom stereocenters. The van der Waals surface area contributed by atoms with Crippen molar-refractivity contribution < 1.29 is 19.2 Å². The van der Waals surface area contributed by atoms with Crippen molar-refractivity contribution in [3.8, 4) is 5.75 Å². The molecule has 0 aliphatic rings. The number of para-hydroxylation sites is 2. The number of ether oxygens (including phenoxy) is 1. The van der Waals surface area contributed by atoms with Crippen LogP contribution in [0.15, 0.2) is 66.7 Å². The molecule has 2 amide bonds. The number of nitrogens with zero attached hydrogens (tertiary/aromatic N) is 1. The van der Waals surface area contributed by atoms with E-state index in [4.69, 9.17) is 4.74 Å². The molecule has 0 aromatic heterocycles. The molecular formula is C21H19N3O5. The van der Waals surface area contributed by atoms with Crippen LogP contribution in [0, 0.1) is 10.1 Å². The first-order valence-corrected chi connectivity index (χ1v) is 8.91. The number of benzene rings is 3. The minimum absolute atomic E-state index is 0.0257. The fourth-order valence-corrected chi connectivity index (χ4v) is 2.85. The van der Waals surface area contributed by atoms with E-state index in [-0.39, 0.29) is 17.9 Å². The summed E-state index contributed by atoms with van der Waals surface area (Å²) in [5.74, 6) is -1.05. The summed E-state index contributed by atoms with van der Waals surface area (Å²) in [6, 6.07) is 19.1. The highest BCUT2D eigenvalue weighted by Crippen LogP contribution is 2.26. The molecule has 0 saturated carbocycles. The number of carbonyl (C=O) groups excluding carboxylic acids is 2. The van der Waals surface area contributed by atoms with Gasteiger partial charge in [-0.3, -0.25) is 30.6 Å². The Bertz CT molecular complexity index is 1060. The van der Waals surface area contributed by atoms with Gasteiger partial charge in [-0.15, -0.1) is 0 Å². The Morgan fingerprint density at radius 2 is 1.69 bits per heavy atom. The van der Waals surface area contributed by atoms with Crippen LogP contribution in [0.25, 0.3) is 10.8 Å². The van der Waals surface area contributed by atoms with Gasteiger partial charge >= 0.3 is 5.69 Å². The van der Waals surface area contributed by atoms with E-state index in [9.17, 15) is 19.7 Å². The number of carbonyl (C=O) groups is 2. The van der Waals surface area contributed by atoms with Crippen molar-refractivity contribution in [3.05, 3.63) is 82.4 Å². The van der Waals surface area contributed by atoms with Crippen molar-refractivity contribution in [2.45, 2.75) is 19.4 Å². The molecule has 3 rings (SSSR count). The molecule has 0 saturated heterocycles. The minimum Gasteiger partial charge on any atom is -0.474 e. The predicted octanol–water partition coefficient (Wildman–Crippen LogP) is 2.91. The van der Waals surface area contributed by atoms with Crippen molar-refractivity contribution in [2.24, 2.45) is 0 Å². The van der Waals surface area contributed by atoms with Crippen LogP contribution in [0.2, 0.25) is 0 Å². The SMILES string of the molecule is C[C@@H](Oc1ccccc1[N+](=O)[O-])C(=O)NNC(=O)Cc1cccc2ccccc12. The number of nitro groups is 1. The lowest BCUT2D eigenvalue weighted by atomic mass is 10.0. The number of nitro benzene ring substituents is 1. The van der Waals surface area contributed by atoms with E-state index >= 15 is 0 Å². The van der Waals surface area contributed by atoms with E-state index in [1.54, 1.807) is 6.07 Å². The molecule has 0 bridgehead atoms. The summed E-state index contributed by atoms with van der Waals surface area (Å²) in [6.07, 6.45) is -0.963. The molecule has 0 aliphatic carbocycles. The molecule has 0 radical (unpaired) electrons. The number of hydrogen-bond acceptors (Lipinski definition) is 5.